The number of terminal acetylenes is 1. The van der Waals surface area contributed by atoms with Gasteiger partial charge in [-0.25, -0.2) is 0 Å². The van der Waals surface area contributed by atoms with Gasteiger partial charge in [0.1, 0.15) is 0 Å². The Hall–Kier alpha value is -1.53. The van der Waals surface area contributed by atoms with Crippen molar-refractivity contribution in [3.8, 4) is 12.3 Å². The van der Waals surface area contributed by atoms with Crippen LogP contribution in [-0.2, 0) is 0 Å². The fourth-order valence-corrected chi connectivity index (χ4v) is 1.08. The summed E-state index contributed by atoms with van der Waals surface area (Å²) in [7, 11) is 0. The third-order valence-corrected chi connectivity index (χ3v) is 1.90. The second-order valence-electron chi connectivity index (χ2n) is 2.57. The standard InChI is InChI=1S/C10H9ClN2O/c1-2-3-5-13-10(14)8-7-12-6-4-9(8)11/h1,4,6-7H,3,5H2,(H,13,14). The summed E-state index contributed by atoms with van der Waals surface area (Å²) in [5.41, 5.74) is 0.367. The van der Waals surface area contributed by atoms with E-state index in [2.05, 4.69) is 16.2 Å². The maximum absolute atomic E-state index is 11.4. The van der Waals surface area contributed by atoms with E-state index in [0.29, 0.717) is 23.6 Å². The van der Waals surface area contributed by atoms with Crippen molar-refractivity contribution in [3.05, 3.63) is 29.0 Å². The first-order valence-electron chi connectivity index (χ1n) is 4.07. The van der Waals surface area contributed by atoms with Crippen LogP contribution < -0.4 is 5.32 Å². The Kier molecular flexibility index (Phi) is 3.96. The van der Waals surface area contributed by atoms with Crippen LogP contribution in [0.5, 0.6) is 0 Å². The van der Waals surface area contributed by atoms with E-state index >= 15 is 0 Å². The van der Waals surface area contributed by atoms with Crippen molar-refractivity contribution < 1.29 is 4.79 Å². The number of amides is 1. The molecule has 1 aromatic rings. The van der Waals surface area contributed by atoms with Crippen LogP contribution in [0.25, 0.3) is 0 Å². The first kappa shape index (κ1) is 10.6. The second-order valence-corrected chi connectivity index (χ2v) is 2.97. The predicted octanol–water partition coefficient (Wildman–Crippen LogP) is 1.49. The van der Waals surface area contributed by atoms with Crippen LogP contribution in [0.4, 0.5) is 0 Å². The van der Waals surface area contributed by atoms with Gasteiger partial charge in [0, 0.05) is 25.4 Å². The van der Waals surface area contributed by atoms with E-state index in [1.807, 2.05) is 0 Å². The number of hydrogen-bond donors (Lipinski definition) is 1. The summed E-state index contributed by atoms with van der Waals surface area (Å²) < 4.78 is 0. The molecule has 0 unspecified atom stereocenters. The van der Waals surface area contributed by atoms with E-state index in [-0.39, 0.29) is 5.91 Å². The predicted molar refractivity (Wildman–Crippen MR) is 55.0 cm³/mol. The van der Waals surface area contributed by atoms with E-state index in [1.165, 1.54) is 12.4 Å². The van der Waals surface area contributed by atoms with Gasteiger partial charge in [-0.05, 0) is 6.07 Å². The van der Waals surface area contributed by atoms with Crippen molar-refractivity contribution in [2.75, 3.05) is 6.54 Å². The Morgan fingerprint density at radius 1 is 1.71 bits per heavy atom. The summed E-state index contributed by atoms with van der Waals surface area (Å²) in [5, 5.41) is 3.02. The maximum Gasteiger partial charge on any atom is 0.254 e. The number of hydrogen-bond acceptors (Lipinski definition) is 2. The molecule has 14 heavy (non-hydrogen) atoms. The van der Waals surface area contributed by atoms with Crippen LogP contribution in [0.1, 0.15) is 16.8 Å². The SMILES string of the molecule is C#CCCNC(=O)c1cnccc1Cl. The lowest BCUT2D eigenvalue weighted by Crippen LogP contribution is -2.24. The van der Waals surface area contributed by atoms with Crippen LogP contribution in [0.2, 0.25) is 5.02 Å². The summed E-state index contributed by atoms with van der Waals surface area (Å²) in [5.74, 6) is 2.17. The average Bonchev–Trinajstić information content (AvgIpc) is 2.18. The maximum atomic E-state index is 11.4. The highest BCUT2D eigenvalue weighted by Crippen LogP contribution is 2.12. The fourth-order valence-electron chi connectivity index (χ4n) is 0.888. The molecule has 0 saturated heterocycles. The molecule has 3 nitrogen and oxygen atoms in total. The molecule has 0 aliphatic carbocycles. The molecule has 1 aromatic heterocycles. The highest BCUT2D eigenvalue weighted by molar-refractivity contribution is 6.33. The van der Waals surface area contributed by atoms with Crippen molar-refractivity contribution in [3.63, 3.8) is 0 Å². The number of carbonyl (C=O) groups excluding carboxylic acids is 1. The third-order valence-electron chi connectivity index (χ3n) is 1.57. The number of halogens is 1. The van der Waals surface area contributed by atoms with Gasteiger partial charge in [-0.3, -0.25) is 9.78 Å². The zero-order valence-corrected chi connectivity index (χ0v) is 8.21. The highest BCUT2D eigenvalue weighted by atomic mass is 35.5. The van der Waals surface area contributed by atoms with Gasteiger partial charge in [-0.2, -0.15) is 0 Å². The Morgan fingerprint density at radius 3 is 3.14 bits per heavy atom. The van der Waals surface area contributed by atoms with Gasteiger partial charge in [0.05, 0.1) is 10.6 Å². The monoisotopic (exact) mass is 208 g/mol. The summed E-state index contributed by atoms with van der Waals surface area (Å²) in [6.07, 6.45) is 8.50. The largest absolute Gasteiger partial charge is 0.351 e. The lowest BCUT2D eigenvalue weighted by molar-refractivity contribution is 0.0954. The summed E-state index contributed by atoms with van der Waals surface area (Å²) in [6.45, 7) is 0.445. The normalized spacial score (nSPS) is 9.14. The summed E-state index contributed by atoms with van der Waals surface area (Å²) in [4.78, 5) is 15.2. The fraction of sp³-hybridized carbons (Fsp3) is 0.200. The minimum absolute atomic E-state index is 0.252. The molecule has 1 rings (SSSR count). The molecule has 1 amide bonds. The zero-order valence-electron chi connectivity index (χ0n) is 7.46. The molecule has 1 N–H and O–H groups in total. The lowest BCUT2D eigenvalue weighted by Gasteiger charge is -2.03. The van der Waals surface area contributed by atoms with Gasteiger partial charge in [0.15, 0.2) is 0 Å². The van der Waals surface area contributed by atoms with E-state index in [1.54, 1.807) is 6.07 Å². The summed E-state index contributed by atoms with van der Waals surface area (Å²) in [6, 6.07) is 1.57. The molecular weight excluding hydrogens is 200 g/mol. The lowest BCUT2D eigenvalue weighted by atomic mass is 10.2. The Morgan fingerprint density at radius 2 is 2.50 bits per heavy atom. The van der Waals surface area contributed by atoms with Gasteiger partial charge < -0.3 is 5.32 Å². The zero-order chi connectivity index (χ0) is 10.4. The van der Waals surface area contributed by atoms with Crippen LogP contribution in [0, 0.1) is 12.3 Å². The number of rotatable bonds is 3. The molecule has 4 heteroatoms. The van der Waals surface area contributed by atoms with Crippen LogP contribution in [0.3, 0.4) is 0 Å². The molecule has 72 valence electrons. The van der Waals surface area contributed by atoms with E-state index in [4.69, 9.17) is 18.0 Å². The number of carbonyl (C=O) groups is 1. The van der Waals surface area contributed by atoms with Gasteiger partial charge in [-0.1, -0.05) is 11.6 Å². The van der Waals surface area contributed by atoms with Crippen molar-refractivity contribution >= 4 is 17.5 Å². The first-order valence-corrected chi connectivity index (χ1v) is 4.44. The number of nitrogens with zero attached hydrogens (tertiary/aromatic N) is 1. The molecule has 0 bridgehead atoms. The Balaban J connectivity index is 2.62. The smallest absolute Gasteiger partial charge is 0.254 e. The van der Waals surface area contributed by atoms with Crippen LogP contribution in [-0.4, -0.2) is 17.4 Å². The van der Waals surface area contributed by atoms with Crippen molar-refractivity contribution in [2.45, 2.75) is 6.42 Å². The van der Waals surface area contributed by atoms with E-state index in [9.17, 15) is 4.79 Å². The molecule has 0 atom stereocenters. The van der Waals surface area contributed by atoms with E-state index < -0.39 is 0 Å². The minimum Gasteiger partial charge on any atom is -0.351 e. The molecule has 0 aliphatic rings. The molecule has 0 radical (unpaired) electrons. The van der Waals surface area contributed by atoms with Crippen LogP contribution in [0.15, 0.2) is 18.5 Å². The molecule has 0 spiro atoms. The second kappa shape index (κ2) is 5.25. The van der Waals surface area contributed by atoms with Crippen molar-refractivity contribution in [2.24, 2.45) is 0 Å². The number of aromatic nitrogens is 1. The topological polar surface area (TPSA) is 42.0 Å². The molecule has 1 heterocycles. The third kappa shape index (κ3) is 2.75. The molecule has 0 aromatic carbocycles. The molecule has 0 aliphatic heterocycles. The van der Waals surface area contributed by atoms with E-state index in [0.717, 1.165) is 0 Å². The molecular formula is C10H9ClN2O. The quantitative estimate of drug-likeness (QED) is 0.604. The van der Waals surface area contributed by atoms with Crippen molar-refractivity contribution in [1.82, 2.24) is 10.3 Å². The van der Waals surface area contributed by atoms with Gasteiger partial charge in [0.25, 0.3) is 5.91 Å². The Labute approximate surface area is 87.5 Å². The van der Waals surface area contributed by atoms with Crippen molar-refractivity contribution in [1.29, 1.82) is 0 Å². The van der Waals surface area contributed by atoms with Gasteiger partial charge >= 0.3 is 0 Å². The summed E-state index contributed by atoms with van der Waals surface area (Å²) >= 11 is 5.79. The highest BCUT2D eigenvalue weighted by Gasteiger charge is 2.08. The number of pyridine rings is 1. The first-order chi connectivity index (χ1) is 6.75. The van der Waals surface area contributed by atoms with Gasteiger partial charge in [-0.15, -0.1) is 12.3 Å². The van der Waals surface area contributed by atoms with Crippen LogP contribution >= 0.6 is 11.6 Å². The average molecular weight is 209 g/mol. The molecule has 0 fully saturated rings. The van der Waals surface area contributed by atoms with Gasteiger partial charge in [0.2, 0.25) is 0 Å². The number of nitrogens with one attached hydrogen (secondary N) is 1. The molecule has 0 saturated carbocycles. The Bertz CT molecular complexity index is 371. The minimum atomic E-state index is -0.252.